The first-order chi connectivity index (χ1) is 6.97. The molecule has 1 aromatic rings. The highest BCUT2D eigenvalue weighted by atomic mass is 35.5. The number of halogens is 3. The van der Waals surface area contributed by atoms with E-state index in [2.05, 4.69) is 4.98 Å². The maximum atomic E-state index is 12.2. The normalized spacial score (nSPS) is 10.4. The van der Waals surface area contributed by atoms with Gasteiger partial charge >= 0.3 is 0 Å². The van der Waals surface area contributed by atoms with E-state index in [1.165, 1.54) is 0 Å². The number of rotatable bonds is 3. The zero-order valence-corrected chi connectivity index (χ0v) is 7.74. The number of hydrogen-bond acceptors (Lipinski definition) is 4. The van der Waals surface area contributed by atoms with Gasteiger partial charge in [-0.2, -0.15) is 0 Å². The molecule has 0 aliphatic carbocycles. The van der Waals surface area contributed by atoms with Crippen LogP contribution in [0.1, 0.15) is 22.6 Å². The zero-order valence-electron chi connectivity index (χ0n) is 6.99. The van der Waals surface area contributed by atoms with Gasteiger partial charge in [-0.1, -0.05) is 11.6 Å². The van der Waals surface area contributed by atoms with E-state index in [1.807, 2.05) is 0 Å². The highest BCUT2D eigenvalue weighted by Gasteiger charge is 2.22. The second-order valence-electron chi connectivity index (χ2n) is 2.44. The van der Waals surface area contributed by atoms with E-state index >= 15 is 0 Å². The summed E-state index contributed by atoms with van der Waals surface area (Å²) in [6, 6.07) is 0.680. The van der Waals surface area contributed by atoms with E-state index in [0.29, 0.717) is 6.07 Å². The number of alkyl halides is 2. The Morgan fingerprint density at radius 2 is 2.20 bits per heavy atom. The van der Waals surface area contributed by atoms with Crippen LogP contribution in [0.5, 0.6) is 0 Å². The minimum Gasteiger partial charge on any atom is -0.296 e. The van der Waals surface area contributed by atoms with Crippen LogP contribution >= 0.6 is 11.6 Å². The lowest BCUT2D eigenvalue weighted by Crippen LogP contribution is -2.02. The van der Waals surface area contributed by atoms with Crippen molar-refractivity contribution in [2.75, 3.05) is 0 Å². The fourth-order valence-electron chi connectivity index (χ4n) is 0.894. The maximum absolute atomic E-state index is 12.2. The number of hydrogen-bond donors (Lipinski definition) is 0. The van der Waals surface area contributed by atoms with E-state index in [1.54, 1.807) is 0 Å². The lowest BCUT2D eigenvalue weighted by molar-refractivity contribution is -0.385. The quantitative estimate of drug-likeness (QED) is 0.459. The molecule has 0 fully saturated rings. The lowest BCUT2D eigenvalue weighted by atomic mass is 10.2. The largest absolute Gasteiger partial charge is 0.299 e. The topological polar surface area (TPSA) is 73.1 Å². The number of aromatic nitrogens is 1. The van der Waals surface area contributed by atoms with Crippen LogP contribution in [-0.4, -0.2) is 16.2 Å². The molecule has 0 aliphatic heterocycles. The maximum Gasteiger partial charge on any atom is 0.299 e. The third-order valence-electron chi connectivity index (χ3n) is 1.53. The van der Waals surface area contributed by atoms with Crippen molar-refractivity contribution >= 4 is 23.6 Å². The monoisotopic (exact) mass is 236 g/mol. The van der Waals surface area contributed by atoms with Crippen LogP contribution in [0.4, 0.5) is 14.5 Å². The van der Waals surface area contributed by atoms with Gasteiger partial charge in [0.1, 0.15) is 5.69 Å². The second kappa shape index (κ2) is 4.26. The number of carbonyl (C=O) groups is 1. The van der Waals surface area contributed by atoms with Crippen LogP contribution < -0.4 is 0 Å². The SMILES string of the molecule is O=Cc1nc(C(F)F)c(Cl)cc1[N+](=O)[O-]. The first-order valence-electron chi connectivity index (χ1n) is 3.55. The van der Waals surface area contributed by atoms with Crippen LogP contribution in [0.15, 0.2) is 6.07 Å². The van der Waals surface area contributed by atoms with Crippen LogP contribution in [0.2, 0.25) is 5.02 Å². The van der Waals surface area contributed by atoms with Gasteiger partial charge in [-0.3, -0.25) is 14.9 Å². The molecule has 0 aliphatic rings. The molecule has 0 saturated carbocycles. The number of carbonyl (C=O) groups excluding carboxylic acids is 1. The Labute approximate surface area is 86.8 Å². The number of aldehydes is 1. The first kappa shape index (κ1) is 11.4. The van der Waals surface area contributed by atoms with Crippen molar-refractivity contribution in [1.82, 2.24) is 4.98 Å². The Balaban J connectivity index is 3.42. The average Bonchev–Trinajstić information content (AvgIpc) is 2.16. The Morgan fingerprint density at radius 1 is 1.60 bits per heavy atom. The summed E-state index contributed by atoms with van der Waals surface area (Å²) in [7, 11) is 0. The molecule has 1 heterocycles. The van der Waals surface area contributed by atoms with E-state index < -0.39 is 33.4 Å². The second-order valence-corrected chi connectivity index (χ2v) is 2.84. The molecule has 1 rings (SSSR count). The summed E-state index contributed by atoms with van der Waals surface area (Å²) in [6.45, 7) is 0. The minimum atomic E-state index is -2.99. The van der Waals surface area contributed by atoms with Crippen molar-refractivity contribution in [1.29, 1.82) is 0 Å². The molecule has 0 radical (unpaired) electrons. The summed E-state index contributed by atoms with van der Waals surface area (Å²) in [5.41, 5.74) is -2.21. The fourth-order valence-corrected chi connectivity index (χ4v) is 1.12. The highest BCUT2D eigenvalue weighted by Crippen LogP contribution is 2.29. The third-order valence-corrected chi connectivity index (χ3v) is 1.83. The summed E-state index contributed by atoms with van der Waals surface area (Å²) >= 11 is 5.33. The minimum absolute atomic E-state index is 0.0281. The third kappa shape index (κ3) is 2.24. The van der Waals surface area contributed by atoms with Crippen molar-refractivity contribution in [3.05, 3.63) is 32.6 Å². The van der Waals surface area contributed by atoms with Crippen LogP contribution in [-0.2, 0) is 0 Å². The van der Waals surface area contributed by atoms with E-state index in [0.717, 1.165) is 0 Å². The zero-order chi connectivity index (χ0) is 11.6. The molecule has 80 valence electrons. The van der Waals surface area contributed by atoms with Crippen LogP contribution in [0, 0.1) is 10.1 Å². The Kier molecular flexibility index (Phi) is 3.25. The standard InChI is InChI=1S/C7H3ClF2N2O3/c8-3-1-5(12(14)15)4(2-13)11-6(3)7(9)10/h1-2,7H. The van der Waals surface area contributed by atoms with E-state index in [-0.39, 0.29) is 6.29 Å². The van der Waals surface area contributed by atoms with Gasteiger partial charge in [0.2, 0.25) is 0 Å². The van der Waals surface area contributed by atoms with Gasteiger partial charge in [0, 0.05) is 6.07 Å². The molecule has 15 heavy (non-hydrogen) atoms. The average molecular weight is 237 g/mol. The molecule has 5 nitrogen and oxygen atoms in total. The fraction of sp³-hybridized carbons (Fsp3) is 0.143. The van der Waals surface area contributed by atoms with Gasteiger partial charge in [0.25, 0.3) is 12.1 Å². The lowest BCUT2D eigenvalue weighted by Gasteiger charge is -2.02. The van der Waals surface area contributed by atoms with Gasteiger partial charge in [0.05, 0.1) is 9.95 Å². The van der Waals surface area contributed by atoms with E-state index in [9.17, 15) is 23.7 Å². The van der Waals surface area contributed by atoms with Crippen molar-refractivity contribution in [2.45, 2.75) is 6.43 Å². The molecule has 0 saturated heterocycles. The molecule has 0 unspecified atom stereocenters. The van der Waals surface area contributed by atoms with Crippen molar-refractivity contribution in [3.63, 3.8) is 0 Å². The smallest absolute Gasteiger partial charge is 0.296 e. The number of nitro groups is 1. The predicted molar refractivity (Wildman–Crippen MR) is 46.2 cm³/mol. The first-order valence-corrected chi connectivity index (χ1v) is 3.93. The Hall–Kier alpha value is -1.63. The van der Waals surface area contributed by atoms with Gasteiger partial charge in [-0.15, -0.1) is 0 Å². The van der Waals surface area contributed by atoms with Gasteiger partial charge in [-0.05, 0) is 0 Å². The molecule has 8 heteroatoms. The summed E-state index contributed by atoms with van der Waals surface area (Å²) in [5.74, 6) is 0. The molecule has 0 amide bonds. The summed E-state index contributed by atoms with van der Waals surface area (Å²) in [4.78, 5) is 22.9. The molecule has 0 spiro atoms. The molecule has 0 aromatic carbocycles. The highest BCUT2D eigenvalue weighted by molar-refractivity contribution is 6.31. The Morgan fingerprint density at radius 3 is 2.60 bits per heavy atom. The number of nitrogens with zero attached hydrogens (tertiary/aromatic N) is 2. The summed E-state index contributed by atoms with van der Waals surface area (Å²) in [6.07, 6.45) is -2.96. The molecular formula is C7H3ClF2N2O3. The van der Waals surface area contributed by atoms with Crippen LogP contribution in [0.3, 0.4) is 0 Å². The van der Waals surface area contributed by atoms with Gasteiger partial charge in [0.15, 0.2) is 12.0 Å². The predicted octanol–water partition coefficient (Wildman–Crippen LogP) is 2.39. The van der Waals surface area contributed by atoms with E-state index in [4.69, 9.17) is 11.6 Å². The van der Waals surface area contributed by atoms with Gasteiger partial charge in [-0.25, -0.2) is 13.8 Å². The molecule has 0 N–H and O–H groups in total. The van der Waals surface area contributed by atoms with Crippen molar-refractivity contribution in [3.8, 4) is 0 Å². The Bertz CT molecular complexity index is 425. The molecule has 1 aromatic heterocycles. The van der Waals surface area contributed by atoms with Crippen molar-refractivity contribution in [2.24, 2.45) is 0 Å². The van der Waals surface area contributed by atoms with Crippen molar-refractivity contribution < 1.29 is 18.5 Å². The van der Waals surface area contributed by atoms with Crippen LogP contribution in [0.25, 0.3) is 0 Å². The number of pyridine rings is 1. The summed E-state index contributed by atoms with van der Waals surface area (Å²) < 4.78 is 24.5. The molecular weight excluding hydrogens is 234 g/mol. The molecule has 0 bridgehead atoms. The summed E-state index contributed by atoms with van der Waals surface area (Å²) in [5, 5.41) is 9.84. The van der Waals surface area contributed by atoms with Gasteiger partial charge < -0.3 is 0 Å². The molecule has 0 atom stereocenters.